The van der Waals surface area contributed by atoms with Crippen LogP contribution in [0, 0.1) is 0 Å². The van der Waals surface area contributed by atoms with E-state index in [1.807, 2.05) is 43.5 Å². The van der Waals surface area contributed by atoms with Gasteiger partial charge in [-0.3, -0.25) is 9.48 Å². The number of carbonyl (C=O) groups excluding carboxylic acids is 1. The Hall–Kier alpha value is -1.34. The van der Waals surface area contributed by atoms with Crippen molar-refractivity contribution in [3.05, 3.63) is 12.4 Å². The van der Waals surface area contributed by atoms with E-state index in [-0.39, 0.29) is 17.1 Å². The fraction of sp³-hybridized carbons (Fsp3) is 0.765. The van der Waals surface area contributed by atoms with Gasteiger partial charge in [0.15, 0.2) is 0 Å². The zero-order valence-corrected chi connectivity index (χ0v) is 15.2. The van der Waals surface area contributed by atoms with E-state index in [2.05, 4.69) is 5.10 Å². The van der Waals surface area contributed by atoms with Gasteiger partial charge in [0.25, 0.3) is 0 Å². The first-order chi connectivity index (χ1) is 11.3. The van der Waals surface area contributed by atoms with Crippen LogP contribution in [0.2, 0.25) is 0 Å². The van der Waals surface area contributed by atoms with E-state index < -0.39 is 7.12 Å². The molecule has 2 aliphatic heterocycles. The van der Waals surface area contributed by atoms with Crippen LogP contribution in [-0.4, -0.2) is 52.0 Å². The molecule has 0 unspecified atom stereocenters. The lowest BCUT2D eigenvalue weighted by molar-refractivity contribution is -0.132. The van der Waals surface area contributed by atoms with Gasteiger partial charge in [0.1, 0.15) is 0 Å². The Bertz CT molecular complexity index is 578. The number of carbonyl (C=O) groups is 1. The fourth-order valence-electron chi connectivity index (χ4n) is 3.11. The maximum atomic E-state index is 12.2. The van der Waals surface area contributed by atoms with Crippen molar-refractivity contribution in [2.45, 2.75) is 71.1 Å². The topological polar surface area (TPSA) is 56.6 Å². The SMILES string of the molecule is CC1(C)OB(c2cnn(CCC(=O)N3CCCCC3)c2)OC1(C)C. The lowest BCUT2D eigenvalue weighted by Crippen LogP contribution is -2.41. The molecule has 24 heavy (non-hydrogen) atoms. The fourth-order valence-corrected chi connectivity index (χ4v) is 3.11. The van der Waals surface area contributed by atoms with Crippen LogP contribution in [-0.2, 0) is 20.6 Å². The highest BCUT2D eigenvalue weighted by atomic mass is 16.7. The molecule has 0 aliphatic carbocycles. The zero-order valence-electron chi connectivity index (χ0n) is 15.2. The minimum Gasteiger partial charge on any atom is -0.399 e. The maximum Gasteiger partial charge on any atom is 0.498 e. The smallest absolute Gasteiger partial charge is 0.399 e. The summed E-state index contributed by atoms with van der Waals surface area (Å²) in [7, 11) is -0.401. The van der Waals surface area contributed by atoms with E-state index in [9.17, 15) is 4.79 Å². The van der Waals surface area contributed by atoms with Crippen molar-refractivity contribution in [2.75, 3.05) is 13.1 Å². The Balaban J connectivity index is 1.55. The van der Waals surface area contributed by atoms with E-state index >= 15 is 0 Å². The first-order valence-electron chi connectivity index (χ1n) is 8.94. The number of hydrogen-bond donors (Lipinski definition) is 0. The number of aromatic nitrogens is 2. The molecule has 0 saturated carbocycles. The Morgan fingerprint density at radius 2 is 1.79 bits per heavy atom. The highest BCUT2D eigenvalue weighted by Crippen LogP contribution is 2.36. The molecule has 0 N–H and O–H groups in total. The molecule has 3 heterocycles. The van der Waals surface area contributed by atoms with Crippen LogP contribution in [0.4, 0.5) is 0 Å². The van der Waals surface area contributed by atoms with Crippen molar-refractivity contribution in [3.8, 4) is 0 Å². The predicted molar refractivity (Wildman–Crippen MR) is 93.0 cm³/mol. The average Bonchev–Trinajstić information content (AvgIpc) is 3.08. The van der Waals surface area contributed by atoms with Gasteiger partial charge in [0.2, 0.25) is 5.91 Å². The average molecular weight is 333 g/mol. The van der Waals surface area contributed by atoms with E-state index in [4.69, 9.17) is 9.31 Å². The van der Waals surface area contributed by atoms with E-state index in [1.54, 1.807) is 6.20 Å². The Labute approximate surface area is 144 Å². The molecule has 0 bridgehead atoms. The summed E-state index contributed by atoms with van der Waals surface area (Å²) in [5.41, 5.74) is 0.188. The first-order valence-corrected chi connectivity index (χ1v) is 8.94. The van der Waals surface area contributed by atoms with Gasteiger partial charge in [0, 0.05) is 43.9 Å². The number of likely N-dealkylation sites (tertiary alicyclic amines) is 1. The number of piperidine rings is 1. The minimum atomic E-state index is -0.401. The first kappa shape index (κ1) is 17.5. The molecule has 0 radical (unpaired) electrons. The van der Waals surface area contributed by atoms with E-state index in [0.29, 0.717) is 13.0 Å². The van der Waals surface area contributed by atoms with Gasteiger partial charge in [-0.1, -0.05) is 0 Å². The quantitative estimate of drug-likeness (QED) is 0.785. The molecule has 0 spiro atoms. The van der Waals surface area contributed by atoms with Gasteiger partial charge in [-0.2, -0.15) is 5.10 Å². The van der Waals surface area contributed by atoms with Crippen LogP contribution < -0.4 is 5.46 Å². The van der Waals surface area contributed by atoms with Crippen LogP contribution in [0.1, 0.15) is 53.4 Å². The highest BCUT2D eigenvalue weighted by molar-refractivity contribution is 6.61. The van der Waals surface area contributed by atoms with Gasteiger partial charge < -0.3 is 14.2 Å². The number of rotatable bonds is 4. The third-order valence-electron chi connectivity index (χ3n) is 5.44. The second-order valence-corrected chi connectivity index (χ2v) is 7.82. The molecule has 1 amide bonds. The van der Waals surface area contributed by atoms with E-state index in [1.165, 1.54) is 6.42 Å². The molecule has 1 aromatic rings. The Morgan fingerprint density at radius 1 is 1.17 bits per heavy atom. The lowest BCUT2D eigenvalue weighted by atomic mass is 9.82. The normalized spacial score (nSPS) is 22.8. The van der Waals surface area contributed by atoms with Gasteiger partial charge in [-0.05, 0) is 47.0 Å². The van der Waals surface area contributed by atoms with Gasteiger partial charge in [0.05, 0.1) is 11.2 Å². The second kappa shape index (κ2) is 6.52. The predicted octanol–water partition coefficient (Wildman–Crippen LogP) is 1.58. The molecule has 1 aromatic heterocycles. The molecule has 3 rings (SSSR count). The van der Waals surface area contributed by atoms with Crippen LogP contribution >= 0.6 is 0 Å². The number of nitrogens with zero attached hydrogens (tertiary/aromatic N) is 3. The summed E-state index contributed by atoms with van der Waals surface area (Å²) in [4.78, 5) is 14.2. The van der Waals surface area contributed by atoms with Crippen LogP contribution in [0.25, 0.3) is 0 Å². The molecule has 0 aromatic carbocycles. The molecule has 6 nitrogen and oxygen atoms in total. The van der Waals surface area contributed by atoms with Gasteiger partial charge in [-0.25, -0.2) is 0 Å². The van der Waals surface area contributed by atoms with Crippen LogP contribution in [0.5, 0.6) is 0 Å². The molecule has 2 fully saturated rings. The summed E-state index contributed by atoms with van der Waals surface area (Å²) in [6.07, 6.45) is 7.67. The Kier molecular flexibility index (Phi) is 4.75. The monoisotopic (exact) mass is 333 g/mol. The molecular formula is C17H28BN3O3. The minimum absolute atomic E-state index is 0.224. The Morgan fingerprint density at radius 3 is 2.42 bits per heavy atom. The summed E-state index contributed by atoms with van der Waals surface area (Å²) in [6, 6.07) is 0. The van der Waals surface area contributed by atoms with Gasteiger partial charge >= 0.3 is 7.12 Å². The molecule has 2 saturated heterocycles. The summed E-state index contributed by atoms with van der Waals surface area (Å²) >= 11 is 0. The maximum absolute atomic E-state index is 12.2. The van der Waals surface area contributed by atoms with Crippen molar-refractivity contribution < 1.29 is 14.1 Å². The van der Waals surface area contributed by atoms with Crippen molar-refractivity contribution in [2.24, 2.45) is 0 Å². The van der Waals surface area contributed by atoms with Crippen molar-refractivity contribution in [3.63, 3.8) is 0 Å². The standard InChI is InChI=1S/C17H28BN3O3/c1-16(2)17(3,4)24-18(23-16)14-12-19-21(13-14)11-8-15(22)20-9-6-5-7-10-20/h12-13H,5-11H2,1-4H3. The van der Waals surface area contributed by atoms with Crippen molar-refractivity contribution >= 4 is 18.5 Å². The third-order valence-corrected chi connectivity index (χ3v) is 5.44. The molecule has 132 valence electrons. The largest absolute Gasteiger partial charge is 0.498 e. The summed E-state index contributed by atoms with van der Waals surface area (Å²) in [5.74, 6) is 0.224. The third kappa shape index (κ3) is 3.52. The van der Waals surface area contributed by atoms with Crippen LogP contribution in [0.3, 0.4) is 0 Å². The van der Waals surface area contributed by atoms with Crippen LogP contribution in [0.15, 0.2) is 12.4 Å². The summed E-state index contributed by atoms with van der Waals surface area (Å²) < 4.78 is 13.9. The summed E-state index contributed by atoms with van der Waals surface area (Å²) in [6.45, 7) is 10.5. The molecular weight excluding hydrogens is 305 g/mol. The molecule has 0 atom stereocenters. The number of amides is 1. The number of hydrogen-bond acceptors (Lipinski definition) is 4. The molecule has 7 heteroatoms. The van der Waals surface area contributed by atoms with Crippen molar-refractivity contribution in [1.82, 2.24) is 14.7 Å². The van der Waals surface area contributed by atoms with Gasteiger partial charge in [-0.15, -0.1) is 0 Å². The second-order valence-electron chi connectivity index (χ2n) is 7.82. The lowest BCUT2D eigenvalue weighted by Gasteiger charge is -2.32. The van der Waals surface area contributed by atoms with Crippen molar-refractivity contribution in [1.29, 1.82) is 0 Å². The highest BCUT2D eigenvalue weighted by Gasteiger charge is 2.52. The molecule has 2 aliphatic rings. The van der Waals surface area contributed by atoms with E-state index in [0.717, 1.165) is 31.4 Å². The summed E-state index contributed by atoms with van der Waals surface area (Å²) in [5, 5.41) is 4.36. The zero-order chi connectivity index (χ0) is 17.4. The number of aryl methyl sites for hydroxylation is 1.